The fourth-order valence-corrected chi connectivity index (χ4v) is 3.35. The van der Waals surface area contributed by atoms with Gasteiger partial charge in [-0.25, -0.2) is 9.97 Å². The summed E-state index contributed by atoms with van der Waals surface area (Å²) in [5.41, 5.74) is 0.812. The number of carbonyl (C=O) groups is 1. The quantitative estimate of drug-likeness (QED) is 0.820. The number of amides is 1. The molecule has 0 bridgehead atoms. The fraction of sp³-hybridized carbons (Fsp3) is 0.438. The van der Waals surface area contributed by atoms with Crippen molar-refractivity contribution in [3.63, 3.8) is 0 Å². The number of aromatic nitrogens is 2. The maximum atomic E-state index is 12.3. The smallest absolute Gasteiger partial charge is 0.261 e. The molecule has 0 saturated carbocycles. The Bertz CT molecular complexity index is 685. The predicted molar refractivity (Wildman–Crippen MR) is 94.5 cm³/mol. The van der Waals surface area contributed by atoms with E-state index in [0.29, 0.717) is 17.4 Å². The van der Waals surface area contributed by atoms with Crippen molar-refractivity contribution in [3.05, 3.63) is 29.3 Å². The Morgan fingerprint density at radius 2 is 2.17 bits per heavy atom. The lowest BCUT2D eigenvalue weighted by Crippen LogP contribution is -2.41. The van der Waals surface area contributed by atoms with Crippen molar-refractivity contribution in [2.45, 2.75) is 0 Å². The SMILES string of the molecule is CNc1nccc(-c2ccc(C(=O)NCCN3CCOCC3)s2)n1. The van der Waals surface area contributed by atoms with Crippen LogP contribution in [0.25, 0.3) is 10.6 Å². The van der Waals surface area contributed by atoms with Gasteiger partial charge in [0.1, 0.15) is 0 Å². The highest BCUT2D eigenvalue weighted by molar-refractivity contribution is 7.17. The molecular weight excluding hydrogens is 326 g/mol. The molecule has 7 nitrogen and oxygen atoms in total. The van der Waals surface area contributed by atoms with E-state index in [4.69, 9.17) is 4.74 Å². The van der Waals surface area contributed by atoms with Gasteiger partial charge in [-0.1, -0.05) is 0 Å². The zero-order chi connectivity index (χ0) is 16.8. The molecule has 1 aliphatic heterocycles. The molecule has 2 aromatic rings. The molecule has 24 heavy (non-hydrogen) atoms. The zero-order valence-electron chi connectivity index (χ0n) is 13.6. The van der Waals surface area contributed by atoms with E-state index in [2.05, 4.69) is 25.5 Å². The number of thiophene rings is 1. The van der Waals surface area contributed by atoms with E-state index in [9.17, 15) is 4.79 Å². The van der Waals surface area contributed by atoms with Crippen LogP contribution in [0.2, 0.25) is 0 Å². The van der Waals surface area contributed by atoms with E-state index in [-0.39, 0.29) is 5.91 Å². The van der Waals surface area contributed by atoms with E-state index in [0.717, 1.165) is 43.4 Å². The van der Waals surface area contributed by atoms with Crippen LogP contribution in [0.5, 0.6) is 0 Å². The number of rotatable bonds is 6. The van der Waals surface area contributed by atoms with Crippen LogP contribution in [-0.4, -0.2) is 67.2 Å². The largest absolute Gasteiger partial charge is 0.379 e. The van der Waals surface area contributed by atoms with Crippen molar-refractivity contribution in [2.24, 2.45) is 0 Å². The van der Waals surface area contributed by atoms with Gasteiger partial charge in [-0.3, -0.25) is 9.69 Å². The first-order valence-electron chi connectivity index (χ1n) is 7.95. The molecule has 1 fully saturated rings. The van der Waals surface area contributed by atoms with E-state index in [1.54, 1.807) is 13.2 Å². The molecule has 0 unspecified atom stereocenters. The van der Waals surface area contributed by atoms with E-state index in [1.807, 2.05) is 18.2 Å². The summed E-state index contributed by atoms with van der Waals surface area (Å²) in [5, 5.41) is 5.89. The highest BCUT2D eigenvalue weighted by Crippen LogP contribution is 2.26. The average Bonchev–Trinajstić information content (AvgIpc) is 3.13. The molecule has 0 radical (unpaired) electrons. The summed E-state index contributed by atoms with van der Waals surface area (Å²) in [6.45, 7) is 4.90. The summed E-state index contributed by atoms with van der Waals surface area (Å²) in [6, 6.07) is 5.60. The second-order valence-electron chi connectivity index (χ2n) is 5.39. The molecule has 1 amide bonds. The Morgan fingerprint density at radius 1 is 1.33 bits per heavy atom. The molecule has 3 heterocycles. The van der Waals surface area contributed by atoms with Crippen molar-refractivity contribution in [1.82, 2.24) is 20.2 Å². The molecule has 0 aromatic carbocycles. The van der Waals surface area contributed by atoms with Gasteiger partial charge in [0, 0.05) is 39.4 Å². The Hall–Kier alpha value is -2.03. The third-order valence-corrected chi connectivity index (χ3v) is 4.89. The van der Waals surface area contributed by atoms with Crippen LogP contribution in [0.1, 0.15) is 9.67 Å². The Morgan fingerprint density at radius 3 is 2.96 bits per heavy atom. The van der Waals surface area contributed by atoms with Gasteiger partial charge >= 0.3 is 0 Å². The molecular formula is C16H21N5O2S. The van der Waals surface area contributed by atoms with Gasteiger partial charge < -0.3 is 15.4 Å². The minimum absolute atomic E-state index is 0.0394. The number of anilines is 1. The van der Waals surface area contributed by atoms with Gasteiger partial charge in [0.15, 0.2) is 0 Å². The maximum absolute atomic E-state index is 12.3. The highest BCUT2D eigenvalue weighted by Gasteiger charge is 2.13. The van der Waals surface area contributed by atoms with Crippen molar-refractivity contribution in [1.29, 1.82) is 0 Å². The van der Waals surface area contributed by atoms with Gasteiger partial charge in [0.2, 0.25) is 5.95 Å². The maximum Gasteiger partial charge on any atom is 0.261 e. The molecule has 1 aliphatic rings. The zero-order valence-corrected chi connectivity index (χ0v) is 14.4. The van der Waals surface area contributed by atoms with Crippen molar-refractivity contribution < 1.29 is 9.53 Å². The molecule has 3 rings (SSSR count). The van der Waals surface area contributed by atoms with Gasteiger partial charge in [-0.15, -0.1) is 11.3 Å². The lowest BCUT2D eigenvalue weighted by atomic mass is 10.3. The lowest BCUT2D eigenvalue weighted by molar-refractivity contribution is 0.0383. The Balaban J connectivity index is 1.55. The molecule has 0 aliphatic carbocycles. The Labute approximate surface area is 145 Å². The molecule has 2 aromatic heterocycles. The lowest BCUT2D eigenvalue weighted by Gasteiger charge is -2.26. The van der Waals surface area contributed by atoms with Gasteiger partial charge in [-0.2, -0.15) is 0 Å². The minimum Gasteiger partial charge on any atom is -0.379 e. The average molecular weight is 347 g/mol. The van der Waals surface area contributed by atoms with Crippen molar-refractivity contribution >= 4 is 23.2 Å². The highest BCUT2D eigenvalue weighted by atomic mass is 32.1. The summed E-state index contributed by atoms with van der Waals surface area (Å²) in [7, 11) is 1.78. The van der Waals surface area contributed by atoms with E-state index < -0.39 is 0 Å². The summed E-state index contributed by atoms with van der Waals surface area (Å²) >= 11 is 1.44. The molecule has 128 valence electrons. The van der Waals surface area contributed by atoms with Gasteiger partial charge in [-0.05, 0) is 18.2 Å². The molecule has 1 saturated heterocycles. The predicted octanol–water partition coefficient (Wildman–Crippen LogP) is 1.31. The summed E-state index contributed by atoms with van der Waals surface area (Å²) in [4.78, 5) is 24.7. The summed E-state index contributed by atoms with van der Waals surface area (Å²) < 4.78 is 5.32. The first kappa shape index (κ1) is 16.8. The first-order chi connectivity index (χ1) is 11.8. The van der Waals surface area contributed by atoms with Crippen LogP contribution in [-0.2, 0) is 4.74 Å². The first-order valence-corrected chi connectivity index (χ1v) is 8.77. The van der Waals surface area contributed by atoms with Crippen LogP contribution in [0.3, 0.4) is 0 Å². The second-order valence-corrected chi connectivity index (χ2v) is 6.47. The number of hydrogen-bond donors (Lipinski definition) is 2. The minimum atomic E-state index is -0.0394. The number of nitrogens with zero attached hydrogens (tertiary/aromatic N) is 3. The standard InChI is InChI=1S/C16H21N5O2S/c1-17-16-19-5-4-12(20-16)13-2-3-14(24-13)15(22)18-6-7-21-8-10-23-11-9-21/h2-5H,6-11H2,1H3,(H,18,22)(H,17,19,20). The van der Waals surface area contributed by atoms with Gasteiger partial charge in [0.25, 0.3) is 5.91 Å². The van der Waals surface area contributed by atoms with Crippen LogP contribution >= 0.6 is 11.3 Å². The topological polar surface area (TPSA) is 79.4 Å². The van der Waals surface area contributed by atoms with Crippen LogP contribution in [0.4, 0.5) is 5.95 Å². The van der Waals surface area contributed by atoms with Crippen LogP contribution in [0.15, 0.2) is 24.4 Å². The summed E-state index contributed by atoms with van der Waals surface area (Å²) in [5.74, 6) is 0.528. The van der Waals surface area contributed by atoms with E-state index in [1.165, 1.54) is 11.3 Å². The number of carbonyl (C=O) groups excluding carboxylic acids is 1. The van der Waals surface area contributed by atoms with Crippen LogP contribution < -0.4 is 10.6 Å². The van der Waals surface area contributed by atoms with Crippen LogP contribution in [0, 0.1) is 0 Å². The Kier molecular flexibility index (Phi) is 5.73. The number of hydrogen-bond acceptors (Lipinski definition) is 7. The molecule has 0 atom stereocenters. The summed E-state index contributed by atoms with van der Waals surface area (Å²) in [6.07, 6.45) is 1.70. The van der Waals surface area contributed by atoms with Gasteiger partial charge in [0.05, 0.1) is 28.7 Å². The van der Waals surface area contributed by atoms with Crippen molar-refractivity contribution in [3.8, 4) is 10.6 Å². The normalized spacial score (nSPS) is 15.2. The third kappa shape index (κ3) is 4.28. The molecule has 0 spiro atoms. The molecule has 2 N–H and O–H groups in total. The number of ether oxygens (including phenoxy) is 1. The number of nitrogens with one attached hydrogen (secondary N) is 2. The van der Waals surface area contributed by atoms with Crippen molar-refractivity contribution in [2.75, 3.05) is 51.8 Å². The monoisotopic (exact) mass is 347 g/mol. The molecule has 8 heteroatoms. The third-order valence-electron chi connectivity index (χ3n) is 3.78. The fourth-order valence-electron chi connectivity index (χ4n) is 2.45. The van der Waals surface area contributed by atoms with E-state index >= 15 is 0 Å². The number of morpholine rings is 1. The second kappa shape index (κ2) is 8.18.